The maximum Gasteiger partial charge on any atom is 0.161 e. The van der Waals surface area contributed by atoms with Gasteiger partial charge in [-0.2, -0.15) is 0 Å². The van der Waals surface area contributed by atoms with E-state index in [1.54, 1.807) is 13.0 Å². The van der Waals surface area contributed by atoms with E-state index in [1.807, 2.05) is 44.2 Å². The molecule has 0 N–H and O–H groups in total. The van der Waals surface area contributed by atoms with Crippen LogP contribution >= 0.6 is 0 Å². The molecular formula is C18H25F3. The minimum Gasteiger partial charge on any atom is -0.255 e. The van der Waals surface area contributed by atoms with Crippen molar-refractivity contribution >= 4 is 16.6 Å². The molecule has 0 radical (unpaired) electrons. The molecule has 0 nitrogen and oxygen atoms in total. The molecule has 0 aromatic heterocycles. The molecule has 0 spiro atoms. The smallest absolute Gasteiger partial charge is 0.161 e. The summed E-state index contributed by atoms with van der Waals surface area (Å²) in [5, 5.41) is 1.95. The highest BCUT2D eigenvalue weighted by Gasteiger charge is 2.09. The van der Waals surface area contributed by atoms with Gasteiger partial charge in [-0.25, -0.2) is 8.78 Å². The van der Waals surface area contributed by atoms with Gasteiger partial charge in [-0.05, 0) is 36.2 Å². The van der Waals surface area contributed by atoms with Crippen LogP contribution in [-0.4, -0.2) is 7.18 Å². The predicted molar refractivity (Wildman–Crippen MR) is 88.6 cm³/mol. The third-order valence-corrected chi connectivity index (χ3v) is 2.63. The fourth-order valence-electron chi connectivity index (χ4n) is 1.78. The lowest BCUT2D eigenvalue weighted by Crippen LogP contribution is -1.87. The summed E-state index contributed by atoms with van der Waals surface area (Å²) in [6.45, 7) is 6.91. The number of fused-ring (bicyclic) bond motifs is 1. The van der Waals surface area contributed by atoms with E-state index in [9.17, 15) is 13.2 Å². The quantitative estimate of drug-likeness (QED) is 0.530. The van der Waals surface area contributed by atoms with Crippen LogP contribution in [0.4, 0.5) is 13.2 Å². The highest BCUT2D eigenvalue weighted by atomic mass is 19.2. The third-order valence-electron chi connectivity index (χ3n) is 2.63. The highest BCUT2D eigenvalue weighted by molar-refractivity contribution is 5.87. The lowest BCUT2D eigenvalue weighted by molar-refractivity contribution is 0.606. The van der Waals surface area contributed by atoms with Crippen molar-refractivity contribution in [2.75, 3.05) is 7.18 Å². The predicted octanol–water partition coefficient (Wildman–Crippen LogP) is 7.02. The summed E-state index contributed by atoms with van der Waals surface area (Å²) in [6, 6.07) is 11.2. The minimum absolute atomic E-state index is 0. The van der Waals surface area contributed by atoms with Crippen molar-refractivity contribution in [2.24, 2.45) is 0 Å². The Labute approximate surface area is 126 Å². The normalized spacial score (nSPS) is 10.3. The first-order valence-electron chi connectivity index (χ1n) is 6.49. The third kappa shape index (κ3) is 5.62. The zero-order valence-corrected chi connectivity index (χ0v) is 12.6. The molecule has 0 fully saturated rings. The van der Waals surface area contributed by atoms with Gasteiger partial charge < -0.3 is 0 Å². The average molecular weight is 298 g/mol. The number of hydrogen-bond donors (Lipinski definition) is 0. The van der Waals surface area contributed by atoms with Crippen molar-refractivity contribution in [3.05, 3.63) is 53.4 Å². The molecule has 3 heteroatoms. The number of hydrogen-bond acceptors (Lipinski definition) is 0. The number of allylic oxidation sites excluding steroid dienone is 1. The Morgan fingerprint density at radius 3 is 1.76 bits per heavy atom. The van der Waals surface area contributed by atoms with Gasteiger partial charge in [0, 0.05) is 5.56 Å². The van der Waals surface area contributed by atoms with E-state index in [4.69, 9.17) is 0 Å². The number of alkyl halides is 1. The van der Waals surface area contributed by atoms with Crippen LogP contribution in [0.3, 0.4) is 0 Å². The van der Waals surface area contributed by atoms with Crippen LogP contribution in [0.15, 0.2) is 42.2 Å². The number of benzene rings is 2. The van der Waals surface area contributed by atoms with Crippen molar-refractivity contribution in [1.29, 1.82) is 0 Å². The zero-order valence-electron chi connectivity index (χ0n) is 12.6. The summed E-state index contributed by atoms with van der Waals surface area (Å²) in [4.78, 5) is 0. The first-order valence-corrected chi connectivity index (χ1v) is 6.49. The van der Waals surface area contributed by atoms with Crippen molar-refractivity contribution < 1.29 is 13.2 Å². The lowest BCUT2D eigenvalue weighted by Gasteiger charge is -2.06. The van der Waals surface area contributed by atoms with E-state index in [1.165, 1.54) is 0 Å². The van der Waals surface area contributed by atoms with Crippen molar-refractivity contribution in [1.82, 2.24) is 0 Å². The molecule has 0 aliphatic heterocycles. The number of halogens is 3. The second-order valence-corrected chi connectivity index (χ2v) is 3.86. The molecule has 0 unspecified atom stereocenters. The van der Waals surface area contributed by atoms with Gasteiger partial charge in [-0.15, -0.1) is 0 Å². The SMILES string of the molecule is C.C/C(F)=C(/F)c1cc2ccccc2cc1C.CC.CF. The van der Waals surface area contributed by atoms with E-state index in [2.05, 4.69) is 0 Å². The second kappa shape index (κ2) is 11.0. The van der Waals surface area contributed by atoms with Crippen LogP contribution in [0.2, 0.25) is 0 Å². The Bertz CT molecular complexity index is 568. The van der Waals surface area contributed by atoms with E-state index in [0.29, 0.717) is 12.7 Å². The fourth-order valence-corrected chi connectivity index (χ4v) is 1.78. The van der Waals surface area contributed by atoms with Crippen LogP contribution in [0.1, 0.15) is 39.3 Å². The minimum atomic E-state index is -0.779. The van der Waals surface area contributed by atoms with Gasteiger partial charge in [-0.3, -0.25) is 4.39 Å². The fraction of sp³-hybridized carbons (Fsp3) is 0.333. The van der Waals surface area contributed by atoms with E-state index in [-0.39, 0.29) is 7.43 Å². The summed E-state index contributed by atoms with van der Waals surface area (Å²) < 4.78 is 35.9. The van der Waals surface area contributed by atoms with Crippen LogP contribution in [0.5, 0.6) is 0 Å². The average Bonchev–Trinajstić information content (AvgIpc) is 2.49. The summed E-state index contributed by atoms with van der Waals surface area (Å²) >= 11 is 0. The molecule has 0 heterocycles. The van der Waals surface area contributed by atoms with Crippen molar-refractivity contribution in [3.8, 4) is 0 Å². The Balaban J connectivity index is 0. The van der Waals surface area contributed by atoms with Gasteiger partial charge in [-0.1, -0.05) is 51.6 Å². The standard InChI is InChI=1S/C14H12F2.C2H6.CH3F.CH4/c1-9-7-11-5-3-4-6-12(11)8-13(9)14(16)10(2)15;2*1-2;/h3-8H,1-2H3;1-2H3;1H3;1H4/b14-10-;;;. The second-order valence-electron chi connectivity index (χ2n) is 3.86. The molecule has 118 valence electrons. The number of rotatable bonds is 1. The van der Waals surface area contributed by atoms with Gasteiger partial charge in [0.15, 0.2) is 5.83 Å². The van der Waals surface area contributed by atoms with E-state index < -0.39 is 11.7 Å². The van der Waals surface area contributed by atoms with Gasteiger partial charge in [0.2, 0.25) is 0 Å². The molecule has 0 aliphatic carbocycles. The summed E-state index contributed by atoms with van der Waals surface area (Å²) in [5.74, 6) is -1.55. The highest BCUT2D eigenvalue weighted by Crippen LogP contribution is 2.28. The first kappa shape index (κ1) is 21.5. The monoisotopic (exact) mass is 298 g/mol. The maximum atomic E-state index is 13.6. The van der Waals surface area contributed by atoms with Gasteiger partial charge in [0.1, 0.15) is 5.83 Å². The molecule has 0 saturated carbocycles. The Morgan fingerprint density at radius 2 is 1.33 bits per heavy atom. The molecule has 0 aliphatic rings. The van der Waals surface area contributed by atoms with E-state index in [0.717, 1.165) is 23.3 Å². The summed E-state index contributed by atoms with van der Waals surface area (Å²) in [6.07, 6.45) is 0. The largest absolute Gasteiger partial charge is 0.255 e. The molecule has 0 bridgehead atoms. The Morgan fingerprint density at radius 1 is 0.905 bits per heavy atom. The molecule has 2 rings (SSSR count). The molecule has 0 atom stereocenters. The van der Waals surface area contributed by atoms with Crippen LogP contribution in [0, 0.1) is 6.92 Å². The molecule has 2 aromatic rings. The number of aryl methyl sites for hydroxylation is 1. The van der Waals surface area contributed by atoms with Crippen LogP contribution in [0.25, 0.3) is 16.6 Å². The van der Waals surface area contributed by atoms with Crippen LogP contribution in [-0.2, 0) is 0 Å². The van der Waals surface area contributed by atoms with E-state index >= 15 is 0 Å². The first-order chi connectivity index (χ1) is 9.59. The Hall–Kier alpha value is -1.77. The molecular weight excluding hydrogens is 273 g/mol. The molecule has 21 heavy (non-hydrogen) atoms. The maximum absolute atomic E-state index is 13.6. The van der Waals surface area contributed by atoms with Crippen molar-refractivity contribution in [3.63, 3.8) is 0 Å². The lowest BCUT2D eigenvalue weighted by atomic mass is 10.0. The van der Waals surface area contributed by atoms with Gasteiger partial charge in [0.05, 0.1) is 7.18 Å². The van der Waals surface area contributed by atoms with Crippen molar-refractivity contribution in [2.45, 2.75) is 35.1 Å². The zero-order chi connectivity index (χ0) is 15.7. The topological polar surface area (TPSA) is 0 Å². The van der Waals surface area contributed by atoms with Gasteiger partial charge in [0.25, 0.3) is 0 Å². The Kier molecular flexibility index (Phi) is 11.2. The summed E-state index contributed by atoms with van der Waals surface area (Å²) in [7, 11) is 0.500. The molecule has 2 aromatic carbocycles. The molecule has 0 amide bonds. The summed E-state index contributed by atoms with van der Waals surface area (Å²) in [5.41, 5.74) is 1.08. The molecule has 0 saturated heterocycles. The van der Waals surface area contributed by atoms with Crippen LogP contribution < -0.4 is 0 Å². The van der Waals surface area contributed by atoms with Gasteiger partial charge >= 0.3 is 0 Å².